The fraction of sp³-hybridized carbons (Fsp3) is 0.176. The van der Waals surface area contributed by atoms with Crippen LogP contribution in [0.2, 0.25) is 0 Å². The normalized spacial score (nSPS) is 11.0. The van der Waals surface area contributed by atoms with Crippen molar-refractivity contribution in [3.8, 4) is 5.75 Å². The summed E-state index contributed by atoms with van der Waals surface area (Å²) in [7, 11) is 1.46. The molecule has 4 nitrogen and oxygen atoms in total. The summed E-state index contributed by atoms with van der Waals surface area (Å²) in [6.45, 7) is 0.0741. The largest absolute Gasteiger partial charge is 0.496 e. The van der Waals surface area contributed by atoms with E-state index in [2.05, 4.69) is 5.32 Å². The number of hydrogen-bond donors (Lipinski definition) is 1. The Balaban J connectivity index is 2.09. The Hall–Kier alpha value is -2.83. The number of aldehydes is 1. The van der Waals surface area contributed by atoms with Crippen LogP contribution in [0.15, 0.2) is 42.5 Å². The number of methoxy groups -OCH3 is 1. The lowest BCUT2D eigenvalue weighted by Gasteiger charge is -2.11. The third-order valence-electron chi connectivity index (χ3n) is 3.35. The van der Waals surface area contributed by atoms with E-state index in [1.807, 2.05) is 0 Å². The van der Waals surface area contributed by atoms with Crippen molar-refractivity contribution in [3.05, 3.63) is 64.7 Å². The number of benzene rings is 2. The highest BCUT2D eigenvalue weighted by Gasteiger charge is 2.30. The molecule has 0 unspecified atom stereocenters. The summed E-state index contributed by atoms with van der Waals surface area (Å²) in [5, 5.41) is 2.58. The molecule has 0 atom stereocenters. The van der Waals surface area contributed by atoms with Crippen molar-refractivity contribution < 1.29 is 27.5 Å². The number of hydrogen-bond acceptors (Lipinski definition) is 3. The average molecular weight is 337 g/mol. The van der Waals surface area contributed by atoms with Crippen molar-refractivity contribution in [1.29, 1.82) is 0 Å². The standard InChI is InChI=1S/C17H14F3NO3/c1-24-15-7-2-11(10-22)8-13(15)9-21-16(23)12-3-5-14(6-4-12)17(18,19)20/h2-8,10H,9H2,1H3,(H,21,23). The highest BCUT2D eigenvalue weighted by molar-refractivity contribution is 5.94. The number of rotatable bonds is 5. The molecule has 24 heavy (non-hydrogen) atoms. The van der Waals surface area contributed by atoms with Crippen molar-refractivity contribution in [3.63, 3.8) is 0 Å². The zero-order chi connectivity index (χ0) is 17.7. The minimum absolute atomic E-state index is 0.0741. The van der Waals surface area contributed by atoms with Crippen LogP contribution in [0.4, 0.5) is 13.2 Å². The SMILES string of the molecule is COc1ccc(C=O)cc1CNC(=O)c1ccc(C(F)(F)F)cc1. The van der Waals surface area contributed by atoms with Gasteiger partial charge in [-0.15, -0.1) is 0 Å². The second-order valence-electron chi connectivity index (χ2n) is 4.95. The fourth-order valence-corrected chi connectivity index (χ4v) is 2.10. The van der Waals surface area contributed by atoms with Crippen LogP contribution >= 0.6 is 0 Å². The average Bonchev–Trinajstić information content (AvgIpc) is 2.58. The maximum Gasteiger partial charge on any atom is 0.416 e. The summed E-state index contributed by atoms with van der Waals surface area (Å²) >= 11 is 0. The van der Waals surface area contributed by atoms with Gasteiger partial charge in [0.15, 0.2) is 0 Å². The zero-order valence-corrected chi connectivity index (χ0v) is 12.7. The van der Waals surface area contributed by atoms with E-state index in [-0.39, 0.29) is 12.1 Å². The first-order valence-corrected chi connectivity index (χ1v) is 6.92. The predicted octanol–water partition coefficient (Wildman–Crippen LogP) is 3.46. The van der Waals surface area contributed by atoms with E-state index in [1.165, 1.54) is 7.11 Å². The van der Waals surface area contributed by atoms with E-state index < -0.39 is 17.6 Å². The third kappa shape index (κ3) is 4.13. The van der Waals surface area contributed by atoms with E-state index in [4.69, 9.17) is 4.74 Å². The molecule has 0 radical (unpaired) electrons. The molecule has 1 N–H and O–H groups in total. The molecule has 0 spiro atoms. The molecule has 0 saturated carbocycles. The van der Waals surface area contributed by atoms with Gasteiger partial charge in [-0.2, -0.15) is 13.2 Å². The molecule has 126 valence electrons. The minimum Gasteiger partial charge on any atom is -0.496 e. The summed E-state index contributed by atoms with van der Waals surface area (Å²) in [4.78, 5) is 22.8. The molecule has 0 bridgehead atoms. The maximum atomic E-state index is 12.5. The number of halogens is 3. The van der Waals surface area contributed by atoms with Crippen LogP contribution in [-0.2, 0) is 12.7 Å². The molecule has 0 aliphatic carbocycles. The van der Waals surface area contributed by atoms with Crippen LogP contribution in [0, 0.1) is 0 Å². The first kappa shape index (κ1) is 17.5. The van der Waals surface area contributed by atoms with E-state index >= 15 is 0 Å². The smallest absolute Gasteiger partial charge is 0.416 e. The second-order valence-corrected chi connectivity index (χ2v) is 4.95. The van der Waals surface area contributed by atoms with Gasteiger partial charge in [0, 0.05) is 23.2 Å². The molecule has 2 rings (SSSR count). The van der Waals surface area contributed by atoms with Crippen LogP contribution < -0.4 is 10.1 Å². The molecule has 0 saturated heterocycles. The van der Waals surface area contributed by atoms with Gasteiger partial charge < -0.3 is 10.1 Å². The molecule has 2 aromatic carbocycles. The quantitative estimate of drug-likeness (QED) is 0.850. The number of amides is 1. The van der Waals surface area contributed by atoms with Crippen LogP contribution in [0.3, 0.4) is 0 Å². The van der Waals surface area contributed by atoms with Crippen LogP contribution in [0.25, 0.3) is 0 Å². The van der Waals surface area contributed by atoms with E-state index in [0.717, 1.165) is 24.3 Å². The Morgan fingerprint density at radius 3 is 2.38 bits per heavy atom. The summed E-state index contributed by atoms with van der Waals surface area (Å²) in [6, 6.07) is 8.66. The van der Waals surface area contributed by atoms with Gasteiger partial charge in [-0.25, -0.2) is 0 Å². The Bertz CT molecular complexity index is 740. The lowest BCUT2D eigenvalue weighted by molar-refractivity contribution is -0.137. The monoisotopic (exact) mass is 337 g/mol. The van der Waals surface area contributed by atoms with Gasteiger partial charge >= 0.3 is 6.18 Å². The van der Waals surface area contributed by atoms with E-state index in [9.17, 15) is 22.8 Å². The molecule has 7 heteroatoms. The molecule has 0 fully saturated rings. The molecular formula is C17H14F3NO3. The predicted molar refractivity (Wildman–Crippen MR) is 81.0 cm³/mol. The van der Waals surface area contributed by atoms with Crippen LogP contribution in [0.1, 0.15) is 31.8 Å². The Labute approximate surface area is 136 Å². The van der Waals surface area contributed by atoms with E-state index in [0.29, 0.717) is 23.2 Å². The number of ether oxygens (including phenoxy) is 1. The summed E-state index contributed by atoms with van der Waals surface area (Å²) < 4.78 is 42.6. The minimum atomic E-state index is -4.45. The van der Waals surface area contributed by atoms with Crippen molar-refractivity contribution in [2.45, 2.75) is 12.7 Å². The fourth-order valence-electron chi connectivity index (χ4n) is 2.10. The molecule has 0 aliphatic heterocycles. The van der Waals surface area contributed by atoms with Crippen molar-refractivity contribution in [2.75, 3.05) is 7.11 Å². The second kappa shape index (κ2) is 7.16. The van der Waals surface area contributed by atoms with Crippen molar-refractivity contribution in [1.82, 2.24) is 5.32 Å². The number of nitrogens with one attached hydrogen (secondary N) is 1. The zero-order valence-electron chi connectivity index (χ0n) is 12.7. The van der Waals surface area contributed by atoms with Gasteiger partial charge in [-0.1, -0.05) is 0 Å². The van der Waals surface area contributed by atoms with Gasteiger partial charge in [0.2, 0.25) is 0 Å². The first-order valence-electron chi connectivity index (χ1n) is 6.92. The highest BCUT2D eigenvalue weighted by Crippen LogP contribution is 2.29. The molecule has 2 aromatic rings. The van der Waals surface area contributed by atoms with Crippen LogP contribution in [-0.4, -0.2) is 19.3 Å². The summed E-state index contributed by atoms with van der Waals surface area (Å²) in [5.74, 6) is -0.0318. The lowest BCUT2D eigenvalue weighted by atomic mass is 10.1. The van der Waals surface area contributed by atoms with E-state index in [1.54, 1.807) is 18.2 Å². The highest BCUT2D eigenvalue weighted by atomic mass is 19.4. The lowest BCUT2D eigenvalue weighted by Crippen LogP contribution is -2.23. The topological polar surface area (TPSA) is 55.4 Å². The van der Waals surface area contributed by atoms with Crippen molar-refractivity contribution >= 4 is 12.2 Å². The van der Waals surface area contributed by atoms with Gasteiger partial charge in [0.25, 0.3) is 5.91 Å². The van der Waals surface area contributed by atoms with Gasteiger partial charge in [0.05, 0.1) is 12.7 Å². The number of alkyl halides is 3. The summed E-state index contributed by atoms with van der Waals surface area (Å²) in [6.07, 6.45) is -3.78. The number of carbonyl (C=O) groups excluding carboxylic acids is 2. The summed E-state index contributed by atoms with van der Waals surface area (Å²) in [5.41, 5.74) is 0.296. The van der Waals surface area contributed by atoms with Crippen LogP contribution in [0.5, 0.6) is 5.75 Å². The first-order chi connectivity index (χ1) is 11.3. The van der Waals surface area contributed by atoms with Gasteiger partial charge in [-0.3, -0.25) is 9.59 Å². The maximum absolute atomic E-state index is 12.5. The van der Waals surface area contributed by atoms with Gasteiger partial charge in [-0.05, 0) is 42.5 Å². The Morgan fingerprint density at radius 1 is 1.17 bits per heavy atom. The molecular weight excluding hydrogens is 323 g/mol. The Kier molecular flexibility index (Phi) is 5.23. The molecule has 0 heterocycles. The number of carbonyl (C=O) groups is 2. The Morgan fingerprint density at radius 2 is 1.83 bits per heavy atom. The molecule has 0 aromatic heterocycles. The third-order valence-corrected chi connectivity index (χ3v) is 3.35. The molecule has 1 amide bonds. The van der Waals surface area contributed by atoms with Crippen molar-refractivity contribution in [2.24, 2.45) is 0 Å². The van der Waals surface area contributed by atoms with Gasteiger partial charge in [0.1, 0.15) is 12.0 Å². The molecule has 0 aliphatic rings.